The van der Waals surface area contributed by atoms with Crippen molar-refractivity contribution >= 4 is 39.9 Å². The van der Waals surface area contributed by atoms with Crippen LogP contribution in [0.3, 0.4) is 0 Å². The molecule has 182 valence electrons. The summed E-state index contributed by atoms with van der Waals surface area (Å²) in [5, 5.41) is 3.58. The molecule has 4 aromatic rings. The highest BCUT2D eigenvalue weighted by Gasteiger charge is 2.29. The van der Waals surface area contributed by atoms with E-state index < -0.39 is 0 Å². The van der Waals surface area contributed by atoms with Crippen LogP contribution < -0.4 is 10.1 Å². The first-order valence-corrected chi connectivity index (χ1v) is 12.1. The number of amides is 2. The Morgan fingerprint density at radius 1 is 1.00 bits per heavy atom. The maximum atomic E-state index is 13.3. The lowest BCUT2D eigenvalue weighted by molar-refractivity contribution is 0.0744. The number of carbonyl (C=O) groups is 2. The number of thiazole rings is 1. The van der Waals surface area contributed by atoms with Crippen molar-refractivity contribution in [2.45, 2.75) is 26.9 Å². The van der Waals surface area contributed by atoms with Gasteiger partial charge in [0.1, 0.15) is 16.6 Å². The smallest absolute Gasteiger partial charge is 0.274 e. The van der Waals surface area contributed by atoms with Gasteiger partial charge in [0.25, 0.3) is 11.8 Å². The fourth-order valence-electron chi connectivity index (χ4n) is 3.82. The van der Waals surface area contributed by atoms with Crippen LogP contribution >= 0.6 is 22.9 Å². The highest BCUT2D eigenvalue weighted by atomic mass is 35.5. The zero-order chi connectivity index (χ0) is 25.4. The van der Waals surface area contributed by atoms with Gasteiger partial charge in [0.15, 0.2) is 5.13 Å². The minimum Gasteiger partial charge on any atom is -0.494 e. The van der Waals surface area contributed by atoms with E-state index in [1.165, 1.54) is 37.0 Å². The number of nitrogens with zero attached hydrogens (tertiary/aromatic N) is 6. The Bertz CT molecular complexity index is 1470. The van der Waals surface area contributed by atoms with E-state index in [1.807, 2.05) is 13.8 Å². The molecule has 5 heterocycles. The lowest BCUT2D eigenvalue weighted by atomic mass is 10.0. The molecule has 0 aromatic carbocycles. The standard InChI is InChI=1S/C24H20ClN7O3S/c1-12-4-14(15-5-21(25)29-9-19(15)35-3)16(7-26-12)22(33)31-24-30-18-10-32(11-20(18)36-24)23(34)17-8-27-13(2)6-28-17/h4-9H,10-11H2,1-3H3,(H,30,31,33). The third-order valence-corrected chi connectivity index (χ3v) is 6.80. The summed E-state index contributed by atoms with van der Waals surface area (Å²) in [6.07, 6.45) is 6.06. The number of aryl methyl sites for hydroxylation is 2. The van der Waals surface area contributed by atoms with Crippen LogP contribution in [0.2, 0.25) is 5.15 Å². The Morgan fingerprint density at radius 2 is 1.81 bits per heavy atom. The van der Waals surface area contributed by atoms with E-state index in [-0.39, 0.29) is 22.7 Å². The van der Waals surface area contributed by atoms with Crippen LogP contribution in [0, 0.1) is 13.8 Å². The lowest BCUT2D eigenvalue weighted by Crippen LogP contribution is -2.26. The van der Waals surface area contributed by atoms with E-state index >= 15 is 0 Å². The van der Waals surface area contributed by atoms with E-state index in [0.29, 0.717) is 40.7 Å². The molecule has 4 aromatic heterocycles. The molecule has 0 atom stereocenters. The third kappa shape index (κ3) is 4.62. The Kier molecular flexibility index (Phi) is 6.33. The molecule has 5 rings (SSSR count). The fraction of sp³-hybridized carbons (Fsp3) is 0.208. The van der Waals surface area contributed by atoms with E-state index in [4.69, 9.17) is 16.3 Å². The van der Waals surface area contributed by atoms with Crippen molar-refractivity contribution in [3.8, 4) is 16.9 Å². The molecule has 10 nitrogen and oxygen atoms in total. The molecule has 0 radical (unpaired) electrons. The van der Waals surface area contributed by atoms with Gasteiger partial charge >= 0.3 is 0 Å². The SMILES string of the molecule is COc1cnc(Cl)cc1-c1cc(C)ncc1C(=O)Nc1nc2c(s1)CN(C(=O)c1cnc(C)cn1)C2. The number of hydrogen-bond donors (Lipinski definition) is 1. The maximum Gasteiger partial charge on any atom is 0.274 e. The van der Waals surface area contributed by atoms with Gasteiger partial charge in [-0.25, -0.2) is 15.0 Å². The average molecular weight is 522 g/mol. The Hall–Kier alpha value is -3.96. The predicted molar refractivity (Wildman–Crippen MR) is 134 cm³/mol. The summed E-state index contributed by atoms with van der Waals surface area (Å²) in [5.74, 6) is -0.100. The number of fused-ring (bicyclic) bond motifs is 1. The fourth-order valence-corrected chi connectivity index (χ4v) is 4.96. The molecule has 12 heteroatoms. The highest BCUT2D eigenvalue weighted by molar-refractivity contribution is 7.16. The number of methoxy groups -OCH3 is 1. The molecule has 0 spiro atoms. The Labute approximate surface area is 215 Å². The number of aromatic nitrogens is 5. The number of hydrogen-bond acceptors (Lipinski definition) is 9. The van der Waals surface area contributed by atoms with E-state index in [0.717, 1.165) is 22.0 Å². The van der Waals surface area contributed by atoms with Crippen molar-refractivity contribution in [2.75, 3.05) is 12.4 Å². The molecular weight excluding hydrogens is 502 g/mol. The number of nitrogens with one attached hydrogen (secondary N) is 1. The summed E-state index contributed by atoms with van der Waals surface area (Å²) in [4.78, 5) is 49.8. The summed E-state index contributed by atoms with van der Waals surface area (Å²) in [6, 6.07) is 3.44. The van der Waals surface area contributed by atoms with Gasteiger partial charge in [-0.2, -0.15) is 0 Å². The normalized spacial score (nSPS) is 12.4. The molecule has 0 saturated carbocycles. The molecule has 1 N–H and O–H groups in total. The largest absolute Gasteiger partial charge is 0.494 e. The number of halogens is 1. The van der Waals surface area contributed by atoms with Gasteiger partial charge in [0, 0.05) is 29.2 Å². The van der Waals surface area contributed by atoms with Crippen molar-refractivity contribution < 1.29 is 14.3 Å². The van der Waals surface area contributed by atoms with Crippen LogP contribution in [0.4, 0.5) is 5.13 Å². The van der Waals surface area contributed by atoms with Crippen molar-refractivity contribution in [2.24, 2.45) is 0 Å². The zero-order valence-electron chi connectivity index (χ0n) is 19.6. The first kappa shape index (κ1) is 23.8. The molecule has 0 aliphatic carbocycles. The summed E-state index contributed by atoms with van der Waals surface area (Å²) in [5.41, 5.74) is 4.08. The van der Waals surface area contributed by atoms with Crippen LogP contribution in [0.15, 0.2) is 36.9 Å². The minimum absolute atomic E-state index is 0.210. The second-order valence-electron chi connectivity index (χ2n) is 8.13. The zero-order valence-corrected chi connectivity index (χ0v) is 21.1. The summed E-state index contributed by atoms with van der Waals surface area (Å²) < 4.78 is 5.43. The maximum absolute atomic E-state index is 13.3. The summed E-state index contributed by atoms with van der Waals surface area (Å²) in [7, 11) is 1.53. The second kappa shape index (κ2) is 9.59. The number of carbonyl (C=O) groups excluding carboxylic acids is 2. The van der Waals surface area contributed by atoms with E-state index in [2.05, 4.69) is 30.2 Å². The van der Waals surface area contributed by atoms with E-state index in [1.54, 1.807) is 23.2 Å². The minimum atomic E-state index is -0.372. The molecule has 2 amide bonds. The molecule has 1 aliphatic rings. The van der Waals surface area contributed by atoms with Gasteiger partial charge in [0.05, 0.1) is 54.4 Å². The molecule has 36 heavy (non-hydrogen) atoms. The van der Waals surface area contributed by atoms with Crippen LogP contribution in [-0.4, -0.2) is 48.7 Å². The van der Waals surface area contributed by atoms with Gasteiger partial charge in [0.2, 0.25) is 0 Å². The van der Waals surface area contributed by atoms with Crippen LogP contribution in [0.5, 0.6) is 5.75 Å². The second-order valence-corrected chi connectivity index (χ2v) is 9.60. The Morgan fingerprint density at radius 3 is 2.53 bits per heavy atom. The van der Waals surface area contributed by atoms with Crippen molar-refractivity contribution in [3.05, 3.63) is 75.3 Å². The lowest BCUT2D eigenvalue weighted by Gasteiger charge is -2.15. The molecule has 0 bridgehead atoms. The molecule has 0 saturated heterocycles. The van der Waals surface area contributed by atoms with Crippen molar-refractivity contribution in [3.63, 3.8) is 0 Å². The van der Waals surface area contributed by atoms with Gasteiger partial charge in [-0.3, -0.25) is 24.9 Å². The predicted octanol–water partition coefficient (Wildman–Crippen LogP) is 4.08. The Balaban J connectivity index is 1.35. The number of pyridine rings is 2. The summed E-state index contributed by atoms with van der Waals surface area (Å²) >= 11 is 7.45. The van der Waals surface area contributed by atoms with Gasteiger partial charge in [-0.15, -0.1) is 0 Å². The average Bonchev–Trinajstić information content (AvgIpc) is 3.42. The molecular formula is C24H20ClN7O3S. The third-order valence-electron chi connectivity index (χ3n) is 5.59. The van der Waals surface area contributed by atoms with Crippen LogP contribution in [0.1, 0.15) is 42.8 Å². The monoisotopic (exact) mass is 521 g/mol. The quantitative estimate of drug-likeness (QED) is 0.390. The number of rotatable bonds is 5. The van der Waals surface area contributed by atoms with E-state index in [9.17, 15) is 9.59 Å². The first-order valence-electron chi connectivity index (χ1n) is 10.9. The van der Waals surface area contributed by atoms with Crippen LogP contribution in [-0.2, 0) is 13.1 Å². The van der Waals surface area contributed by atoms with Gasteiger partial charge in [-0.05, 0) is 26.0 Å². The molecule has 1 aliphatic heterocycles. The number of anilines is 1. The molecule has 0 unspecified atom stereocenters. The van der Waals surface area contributed by atoms with Gasteiger partial charge in [-0.1, -0.05) is 22.9 Å². The summed E-state index contributed by atoms with van der Waals surface area (Å²) in [6.45, 7) is 4.37. The number of ether oxygens (including phenoxy) is 1. The topological polar surface area (TPSA) is 123 Å². The molecule has 0 fully saturated rings. The van der Waals surface area contributed by atoms with Crippen molar-refractivity contribution in [1.82, 2.24) is 29.8 Å². The van der Waals surface area contributed by atoms with Crippen LogP contribution in [0.25, 0.3) is 11.1 Å². The highest BCUT2D eigenvalue weighted by Crippen LogP contribution is 2.35. The van der Waals surface area contributed by atoms with Gasteiger partial charge < -0.3 is 9.64 Å². The first-order chi connectivity index (χ1) is 17.3. The van der Waals surface area contributed by atoms with Crippen molar-refractivity contribution in [1.29, 1.82) is 0 Å².